The van der Waals surface area contributed by atoms with Gasteiger partial charge in [0, 0.05) is 32.0 Å². The summed E-state index contributed by atoms with van der Waals surface area (Å²) in [4.78, 5) is 15.2. The van der Waals surface area contributed by atoms with Gasteiger partial charge < -0.3 is 15.4 Å². The number of amides is 1. The van der Waals surface area contributed by atoms with Crippen molar-refractivity contribution in [3.8, 4) is 11.1 Å². The van der Waals surface area contributed by atoms with Crippen LogP contribution in [0.1, 0.15) is 18.4 Å². The third-order valence-electron chi connectivity index (χ3n) is 5.62. The van der Waals surface area contributed by atoms with Gasteiger partial charge in [0.15, 0.2) is 0 Å². The molecule has 0 bridgehead atoms. The minimum atomic E-state index is -0.460. The van der Waals surface area contributed by atoms with Crippen LogP contribution in [-0.4, -0.2) is 32.2 Å². The monoisotopic (exact) mass is 372 g/mol. The van der Waals surface area contributed by atoms with E-state index >= 15 is 0 Å². The van der Waals surface area contributed by atoms with E-state index in [1.165, 1.54) is 16.7 Å². The lowest BCUT2D eigenvalue weighted by atomic mass is 9.79. The molecule has 0 spiro atoms. The highest BCUT2D eigenvalue weighted by atomic mass is 35.5. The quantitative estimate of drug-likeness (QED) is 0.898. The summed E-state index contributed by atoms with van der Waals surface area (Å²) in [5.41, 5.74) is 10.3. The lowest BCUT2D eigenvalue weighted by molar-refractivity contribution is -0.132. The molecule has 2 aromatic carbocycles. The molecule has 138 valence electrons. The van der Waals surface area contributed by atoms with Crippen molar-refractivity contribution in [1.29, 1.82) is 0 Å². The molecule has 1 fully saturated rings. The first kappa shape index (κ1) is 18.9. The van der Waals surface area contributed by atoms with Crippen LogP contribution >= 0.6 is 12.4 Å². The van der Waals surface area contributed by atoms with Crippen molar-refractivity contribution in [2.75, 3.05) is 31.2 Å². The Morgan fingerprint density at radius 2 is 1.81 bits per heavy atom. The fraction of sp³-hybridized carbons (Fsp3) is 0.381. The molecule has 26 heavy (non-hydrogen) atoms. The van der Waals surface area contributed by atoms with E-state index < -0.39 is 5.41 Å². The van der Waals surface area contributed by atoms with Gasteiger partial charge in [-0.25, -0.2) is 0 Å². The van der Waals surface area contributed by atoms with Gasteiger partial charge in [-0.15, -0.1) is 12.4 Å². The SMILES string of the molecule is Cl.NCC1(C(=O)N2CCc3cc(-c4ccccc4)ccc32)CCOCC1. The fourth-order valence-electron chi connectivity index (χ4n) is 3.98. The first-order valence-electron chi connectivity index (χ1n) is 9.02. The van der Waals surface area contributed by atoms with Crippen LogP contribution in [0.5, 0.6) is 0 Å². The second-order valence-electron chi connectivity index (χ2n) is 7.01. The number of hydrogen-bond donors (Lipinski definition) is 1. The Kier molecular flexibility index (Phi) is 5.66. The van der Waals surface area contributed by atoms with Gasteiger partial charge in [-0.2, -0.15) is 0 Å². The van der Waals surface area contributed by atoms with E-state index in [2.05, 4.69) is 42.5 Å². The number of nitrogens with two attached hydrogens (primary N) is 1. The van der Waals surface area contributed by atoms with Gasteiger partial charge in [-0.3, -0.25) is 4.79 Å². The standard InChI is InChI=1S/C21H24N2O2.ClH/c22-15-21(9-12-25-13-10-21)20(24)23-11-8-18-14-17(6-7-19(18)23)16-4-2-1-3-5-16;/h1-7,14H,8-13,15,22H2;1H. The molecular weight excluding hydrogens is 348 g/mol. The van der Waals surface area contributed by atoms with E-state index in [0.29, 0.717) is 19.8 Å². The molecule has 4 rings (SSSR count). The maximum Gasteiger partial charge on any atom is 0.234 e. The summed E-state index contributed by atoms with van der Waals surface area (Å²) in [5.74, 6) is 0.171. The van der Waals surface area contributed by atoms with Crippen molar-refractivity contribution in [2.45, 2.75) is 19.3 Å². The third kappa shape index (κ3) is 3.25. The number of halogens is 1. The highest BCUT2D eigenvalue weighted by Gasteiger charge is 2.43. The van der Waals surface area contributed by atoms with Gasteiger partial charge >= 0.3 is 0 Å². The van der Waals surface area contributed by atoms with E-state index in [9.17, 15) is 4.79 Å². The molecule has 1 amide bonds. The van der Waals surface area contributed by atoms with Crippen molar-refractivity contribution in [2.24, 2.45) is 11.1 Å². The predicted molar refractivity (Wildman–Crippen MR) is 107 cm³/mol. The molecule has 0 atom stereocenters. The highest BCUT2D eigenvalue weighted by molar-refractivity contribution is 6.00. The normalized spacial score (nSPS) is 18.1. The summed E-state index contributed by atoms with van der Waals surface area (Å²) in [6.45, 7) is 2.38. The van der Waals surface area contributed by atoms with Crippen LogP contribution in [0.25, 0.3) is 11.1 Å². The number of fused-ring (bicyclic) bond motifs is 1. The first-order chi connectivity index (χ1) is 12.2. The van der Waals surface area contributed by atoms with Crippen molar-refractivity contribution in [3.63, 3.8) is 0 Å². The minimum absolute atomic E-state index is 0. The van der Waals surface area contributed by atoms with E-state index in [1.807, 2.05) is 11.0 Å². The largest absolute Gasteiger partial charge is 0.381 e. The zero-order chi connectivity index (χ0) is 17.3. The van der Waals surface area contributed by atoms with Gasteiger partial charge in [0.2, 0.25) is 5.91 Å². The molecule has 2 heterocycles. The maximum atomic E-state index is 13.3. The second-order valence-corrected chi connectivity index (χ2v) is 7.01. The molecule has 5 heteroatoms. The zero-order valence-corrected chi connectivity index (χ0v) is 15.6. The Labute approximate surface area is 160 Å². The topological polar surface area (TPSA) is 55.6 Å². The van der Waals surface area contributed by atoms with E-state index in [1.54, 1.807) is 0 Å². The van der Waals surface area contributed by atoms with Crippen molar-refractivity contribution < 1.29 is 9.53 Å². The van der Waals surface area contributed by atoms with Gasteiger partial charge in [0.05, 0.1) is 5.41 Å². The molecule has 4 nitrogen and oxygen atoms in total. The Bertz CT molecular complexity index is 773. The first-order valence-corrected chi connectivity index (χ1v) is 9.02. The van der Waals surface area contributed by atoms with Gasteiger partial charge in [0.1, 0.15) is 0 Å². The average molecular weight is 373 g/mol. The molecular formula is C21H25ClN2O2. The van der Waals surface area contributed by atoms with Crippen molar-refractivity contribution >= 4 is 24.0 Å². The summed E-state index contributed by atoms with van der Waals surface area (Å²) in [5, 5.41) is 0. The molecule has 0 aromatic heterocycles. The van der Waals surface area contributed by atoms with Crippen LogP contribution in [-0.2, 0) is 16.0 Å². The van der Waals surface area contributed by atoms with E-state index in [4.69, 9.17) is 10.5 Å². The van der Waals surface area contributed by atoms with Crippen molar-refractivity contribution in [3.05, 3.63) is 54.1 Å². The third-order valence-corrected chi connectivity index (χ3v) is 5.62. The molecule has 0 unspecified atom stereocenters. The van der Waals surface area contributed by atoms with Gasteiger partial charge in [0.25, 0.3) is 0 Å². The summed E-state index contributed by atoms with van der Waals surface area (Å²) < 4.78 is 5.45. The number of hydrogen-bond acceptors (Lipinski definition) is 3. The Morgan fingerprint density at radius 3 is 2.50 bits per heavy atom. The number of carbonyl (C=O) groups is 1. The van der Waals surface area contributed by atoms with Crippen LogP contribution in [0.2, 0.25) is 0 Å². The number of anilines is 1. The molecule has 1 saturated heterocycles. The van der Waals surface area contributed by atoms with Crippen LogP contribution in [0.3, 0.4) is 0 Å². The summed E-state index contributed by atoms with van der Waals surface area (Å²) in [6, 6.07) is 16.8. The summed E-state index contributed by atoms with van der Waals surface area (Å²) in [7, 11) is 0. The Balaban J connectivity index is 0.00000196. The number of carbonyl (C=O) groups excluding carboxylic acids is 1. The zero-order valence-electron chi connectivity index (χ0n) is 14.8. The van der Waals surface area contributed by atoms with Crippen molar-refractivity contribution in [1.82, 2.24) is 0 Å². The van der Waals surface area contributed by atoms with Crippen LogP contribution in [0, 0.1) is 5.41 Å². The van der Waals surface area contributed by atoms with Gasteiger partial charge in [-0.05, 0) is 48.1 Å². The Hall–Kier alpha value is -1.88. The fourth-order valence-corrected chi connectivity index (χ4v) is 3.98. The average Bonchev–Trinajstić information content (AvgIpc) is 3.11. The number of rotatable bonds is 3. The molecule has 0 aliphatic carbocycles. The van der Waals surface area contributed by atoms with Crippen LogP contribution in [0.15, 0.2) is 48.5 Å². The molecule has 2 aliphatic heterocycles. The van der Waals surface area contributed by atoms with Gasteiger partial charge in [-0.1, -0.05) is 36.4 Å². The molecule has 2 aliphatic rings. The van der Waals surface area contributed by atoms with E-state index in [-0.39, 0.29) is 18.3 Å². The lowest BCUT2D eigenvalue weighted by Crippen LogP contribution is -2.50. The molecule has 0 saturated carbocycles. The smallest absolute Gasteiger partial charge is 0.234 e. The highest BCUT2D eigenvalue weighted by Crippen LogP contribution is 2.38. The number of nitrogens with zero attached hydrogens (tertiary/aromatic N) is 1. The van der Waals surface area contributed by atoms with Crippen LogP contribution < -0.4 is 10.6 Å². The lowest BCUT2D eigenvalue weighted by Gasteiger charge is -2.37. The molecule has 0 radical (unpaired) electrons. The van der Waals surface area contributed by atoms with Crippen LogP contribution in [0.4, 0.5) is 5.69 Å². The molecule has 2 aromatic rings. The summed E-state index contributed by atoms with van der Waals surface area (Å²) >= 11 is 0. The summed E-state index contributed by atoms with van der Waals surface area (Å²) in [6.07, 6.45) is 2.34. The maximum absolute atomic E-state index is 13.3. The second kappa shape index (κ2) is 7.78. The Morgan fingerprint density at radius 1 is 1.08 bits per heavy atom. The minimum Gasteiger partial charge on any atom is -0.381 e. The number of benzene rings is 2. The molecule has 2 N–H and O–H groups in total. The predicted octanol–water partition coefficient (Wildman–Crippen LogP) is 3.42. The van der Waals surface area contributed by atoms with E-state index in [0.717, 1.165) is 31.5 Å². The number of ether oxygens (including phenoxy) is 1.